The summed E-state index contributed by atoms with van der Waals surface area (Å²) in [5, 5.41) is 10.8. The van der Waals surface area contributed by atoms with E-state index < -0.39 is 11.9 Å². The first-order chi connectivity index (χ1) is 25.3. The van der Waals surface area contributed by atoms with E-state index in [1.165, 1.54) is 12.1 Å². The van der Waals surface area contributed by atoms with Gasteiger partial charge in [-0.2, -0.15) is 5.10 Å². The second-order valence-electron chi connectivity index (χ2n) is 13.7. The summed E-state index contributed by atoms with van der Waals surface area (Å²) in [6.07, 6.45) is 9.88. The number of nitrogens with zero attached hydrogens (tertiary/aromatic N) is 5. The maximum absolute atomic E-state index is 13.1. The van der Waals surface area contributed by atoms with Crippen LogP contribution in [0, 0.1) is 11.8 Å². The third-order valence-corrected chi connectivity index (χ3v) is 10.3. The number of rotatable bonds is 8. The third-order valence-electron chi connectivity index (χ3n) is 10.3. The number of carbonyl (C=O) groups excluding carboxylic acids is 4. The number of hydrogen-bond donors (Lipinski definition) is 3. The van der Waals surface area contributed by atoms with E-state index in [0.29, 0.717) is 48.9 Å². The fraction of sp³-hybridized carbons (Fsp3) is 0.300. The molecule has 12 nitrogen and oxygen atoms in total. The van der Waals surface area contributed by atoms with Gasteiger partial charge in [-0.05, 0) is 80.7 Å². The van der Waals surface area contributed by atoms with E-state index >= 15 is 0 Å². The number of H-pyrrole nitrogens is 1. The van der Waals surface area contributed by atoms with Crippen LogP contribution in [0.15, 0.2) is 73.2 Å². The standard InChI is InChI=1S/C40H38N8O4/c1-46-17-6-10-34(46)33-19-28-21-41-36(20-32(28)43-33)44-38(50)27-13-11-25(12-14-27)29-22-42-47(23-29)18-4-2-3-7-26-8-5-9-30-31(26)24-48(40(30)52)35-15-16-37(49)45-39(35)51/h5,8-9,11-14,19-23,34-35,43H,2,4,6,10,15-18,24H2,1H3,(H,41,44,50)(H,45,49,51)/t34-,35?/m1/s1. The van der Waals surface area contributed by atoms with E-state index in [1.54, 1.807) is 29.3 Å². The lowest BCUT2D eigenvalue weighted by Gasteiger charge is -2.29. The van der Waals surface area contributed by atoms with Gasteiger partial charge < -0.3 is 15.2 Å². The maximum Gasteiger partial charge on any atom is 0.256 e. The highest BCUT2D eigenvalue weighted by Gasteiger charge is 2.39. The fourth-order valence-electron chi connectivity index (χ4n) is 7.43. The Labute approximate surface area is 300 Å². The Hall–Kier alpha value is -6.06. The molecule has 3 aromatic heterocycles. The Kier molecular flexibility index (Phi) is 8.86. The van der Waals surface area contributed by atoms with Gasteiger partial charge in [0, 0.05) is 83.8 Å². The van der Waals surface area contributed by atoms with Crippen molar-refractivity contribution in [3.8, 4) is 23.0 Å². The molecule has 1 unspecified atom stereocenters. The van der Waals surface area contributed by atoms with Crippen molar-refractivity contribution in [1.29, 1.82) is 0 Å². The molecule has 2 fully saturated rings. The zero-order valence-corrected chi connectivity index (χ0v) is 28.8. The van der Waals surface area contributed by atoms with E-state index in [2.05, 4.69) is 55.6 Å². The summed E-state index contributed by atoms with van der Waals surface area (Å²) in [5.74, 6) is 5.79. The van der Waals surface area contributed by atoms with Crippen molar-refractivity contribution in [2.24, 2.45) is 0 Å². The predicted molar refractivity (Wildman–Crippen MR) is 195 cm³/mol. The summed E-state index contributed by atoms with van der Waals surface area (Å²) in [5.41, 5.74) is 6.73. The number of pyridine rings is 1. The van der Waals surface area contributed by atoms with Crippen molar-refractivity contribution in [1.82, 2.24) is 34.9 Å². The molecule has 8 rings (SSSR count). The summed E-state index contributed by atoms with van der Waals surface area (Å²) in [6, 6.07) is 16.7. The number of benzene rings is 2. The molecular formula is C40H38N8O4. The van der Waals surface area contributed by atoms with Crippen molar-refractivity contribution in [3.05, 3.63) is 101 Å². The second kappa shape index (κ2) is 13.9. The highest BCUT2D eigenvalue weighted by Crippen LogP contribution is 2.32. The van der Waals surface area contributed by atoms with Crippen molar-refractivity contribution in [2.75, 3.05) is 18.9 Å². The summed E-state index contributed by atoms with van der Waals surface area (Å²) in [6.45, 7) is 2.08. The van der Waals surface area contributed by atoms with Gasteiger partial charge in [0.05, 0.1) is 11.7 Å². The number of piperidine rings is 1. The maximum atomic E-state index is 13.1. The van der Waals surface area contributed by atoms with Crippen molar-refractivity contribution < 1.29 is 19.2 Å². The zero-order chi connectivity index (χ0) is 35.8. The topological polar surface area (TPSA) is 145 Å². The zero-order valence-electron chi connectivity index (χ0n) is 28.8. The van der Waals surface area contributed by atoms with Gasteiger partial charge in [0.25, 0.3) is 11.8 Å². The van der Waals surface area contributed by atoms with Crippen LogP contribution >= 0.6 is 0 Å². The minimum Gasteiger partial charge on any atom is -0.357 e. The van der Waals surface area contributed by atoms with Gasteiger partial charge in [-0.3, -0.25) is 34.1 Å². The number of unbranched alkanes of at least 4 members (excludes halogenated alkanes) is 1. The minimum atomic E-state index is -0.652. The highest BCUT2D eigenvalue weighted by molar-refractivity contribution is 6.06. The molecule has 0 bridgehead atoms. The van der Waals surface area contributed by atoms with Gasteiger partial charge in [-0.25, -0.2) is 4.98 Å². The van der Waals surface area contributed by atoms with Crippen molar-refractivity contribution in [3.63, 3.8) is 0 Å². The molecular weight excluding hydrogens is 656 g/mol. The molecule has 2 aromatic carbocycles. The number of likely N-dealkylation sites (tertiary alicyclic amines) is 1. The molecule has 52 heavy (non-hydrogen) atoms. The normalized spacial score (nSPS) is 18.7. The molecule has 262 valence electrons. The third kappa shape index (κ3) is 6.58. The fourth-order valence-corrected chi connectivity index (χ4v) is 7.43. The van der Waals surface area contributed by atoms with E-state index in [1.807, 2.05) is 47.4 Å². The van der Waals surface area contributed by atoms with E-state index in [4.69, 9.17) is 0 Å². The molecule has 6 heterocycles. The predicted octanol–water partition coefficient (Wildman–Crippen LogP) is 5.04. The number of fused-ring (bicyclic) bond motifs is 2. The van der Waals surface area contributed by atoms with Gasteiger partial charge in [0.15, 0.2) is 0 Å². The minimum absolute atomic E-state index is 0.204. The quantitative estimate of drug-likeness (QED) is 0.117. The first-order valence-electron chi connectivity index (χ1n) is 17.7. The SMILES string of the molecule is CN1CCC[C@@H]1c1cc2cnc(NC(=O)c3ccc(-c4cnn(CCCC#Cc5cccc6c5CN(C5CCC(=O)NC5=O)C6=O)c4)cc3)cc2[nH]1. The summed E-state index contributed by atoms with van der Waals surface area (Å²) in [7, 11) is 2.15. The number of aryl methyl sites for hydroxylation is 1. The molecule has 3 aliphatic rings. The second-order valence-corrected chi connectivity index (χ2v) is 13.7. The average molecular weight is 695 g/mol. The lowest BCUT2D eigenvalue weighted by atomic mass is 10.0. The molecule has 2 saturated heterocycles. The number of aromatic nitrogens is 4. The first kappa shape index (κ1) is 33.1. The largest absolute Gasteiger partial charge is 0.357 e. The number of hydrogen-bond acceptors (Lipinski definition) is 7. The number of carbonyl (C=O) groups is 4. The van der Waals surface area contributed by atoms with Crippen LogP contribution < -0.4 is 10.6 Å². The van der Waals surface area contributed by atoms with E-state index in [9.17, 15) is 19.2 Å². The number of anilines is 1. The molecule has 0 saturated carbocycles. The number of amides is 4. The molecule has 2 atom stereocenters. The van der Waals surface area contributed by atoms with Crippen LogP contribution in [-0.4, -0.2) is 72.8 Å². The van der Waals surface area contributed by atoms with Crippen LogP contribution in [0.4, 0.5) is 5.82 Å². The Morgan fingerprint density at radius 1 is 1.02 bits per heavy atom. The van der Waals surface area contributed by atoms with Gasteiger partial charge in [0.1, 0.15) is 11.9 Å². The Bertz CT molecular complexity index is 2280. The molecule has 12 heteroatoms. The van der Waals surface area contributed by atoms with Crippen LogP contribution in [0.2, 0.25) is 0 Å². The van der Waals surface area contributed by atoms with Crippen LogP contribution in [0.1, 0.15) is 82.1 Å². The Morgan fingerprint density at radius 3 is 2.69 bits per heavy atom. The number of nitrogens with one attached hydrogen (secondary N) is 3. The van der Waals surface area contributed by atoms with Gasteiger partial charge in [-0.15, -0.1) is 0 Å². The van der Waals surface area contributed by atoms with E-state index in [0.717, 1.165) is 52.5 Å². The highest BCUT2D eigenvalue weighted by atomic mass is 16.2. The lowest BCUT2D eigenvalue weighted by molar-refractivity contribution is -0.136. The number of imide groups is 1. The van der Waals surface area contributed by atoms with Crippen molar-refractivity contribution in [2.45, 2.75) is 63.7 Å². The molecule has 3 aliphatic heterocycles. The Balaban J connectivity index is 0.840. The van der Waals surface area contributed by atoms with E-state index in [-0.39, 0.29) is 24.1 Å². The van der Waals surface area contributed by atoms with Gasteiger partial charge in [0.2, 0.25) is 11.8 Å². The molecule has 4 amide bonds. The first-order valence-corrected chi connectivity index (χ1v) is 17.7. The Morgan fingerprint density at radius 2 is 1.88 bits per heavy atom. The van der Waals surface area contributed by atoms with Crippen LogP contribution in [-0.2, 0) is 22.7 Å². The summed E-state index contributed by atoms with van der Waals surface area (Å²) < 4.78 is 1.88. The number of aromatic amines is 1. The van der Waals surface area contributed by atoms with Crippen molar-refractivity contribution >= 4 is 40.3 Å². The van der Waals surface area contributed by atoms with Gasteiger partial charge in [-0.1, -0.05) is 30.0 Å². The molecule has 3 N–H and O–H groups in total. The molecule has 0 radical (unpaired) electrons. The lowest BCUT2D eigenvalue weighted by Crippen LogP contribution is -2.52. The summed E-state index contributed by atoms with van der Waals surface area (Å²) >= 11 is 0. The molecule has 5 aromatic rings. The smallest absolute Gasteiger partial charge is 0.256 e. The monoisotopic (exact) mass is 694 g/mol. The van der Waals surface area contributed by atoms with Crippen LogP contribution in [0.3, 0.4) is 0 Å². The van der Waals surface area contributed by atoms with Crippen LogP contribution in [0.5, 0.6) is 0 Å². The molecule has 0 spiro atoms. The van der Waals surface area contributed by atoms with Crippen LogP contribution in [0.25, 0.3) is 22.0 Å². The average Bonchev–Trinajstić information content (AvgIpc) is 3.95. The molecule has 0 aliphatic carbocycles. The summed E-state index contributed by atoms with van der Waals surface area (Å²) in [4.78, 5) is 62.0. The van der Waals surface area contributed by atoms with Gasteiger partial charge >= 0.3 is 0 Å².